The van der Waals surface area contributed by atoms with Gasteiger partial charge in [0.1, 0.15) is 23.6 Å². The predicted octanol–water partition coefficient (Wildman–Crippen LogP) is 0.795. The Hall–Kier alpha value is -3.55. The summed E-state index contributed by atoms with van der Waals surface area (Å²) in [6.07, 6.45) is 0.350. The minimum absolute atomic E-state index is 0.149. The number of phenolic OH excluding ortho intramolecular Hbond substituents is 1. The van der Waals surface area contributed by atoms with Crippen molar-refractivity contribution >= 4 is 17.7 Å². The van der Waals surface area contributed by atoms with E-state index in [1.54, 1.807) is 65.4 Å². The Morgan fingerprint density at radius 2 is 1.80 bits per heavy atom. The van der Waals surface area contributed by atoms with Gasteiger partial charge in [0.25, 0.3) is 5.91 Å². The SMILES string of the molecule is COc1ccc(C(=O)N2CCN3C(=O)C(Cc4ccc(O)cc4)NC(=O)C3C2)cc1. The maximum atomic E-state index is 12.9. The Bertz CT molecular complexity index is 958. The second kappa shape index (κ2) is 8.06. The number of hydrogen-bond donors (Lipinski definition) is 2. The molecule has 3 amide bonds. The van der Waals surface area contributed by atoms with E-state index in [-0.39, 0.29) is 30.0 Å². The van der Waals surface area contributed by atoms with Gasteiger partial charge in [0, 0.05) is 25.1 Å². The quantitative estimate of drug-likeness (QED) is 0.778. The summed E-state index contributed by atoms with van der Waals surface area (Å²) in [5.41, 5.74) is 1.36. The highest BCUT2D eigenvalue weighted by Gasteiger charge is 2.44. The summed E-state index contributed by atoms with van der Waals surface area (Å²) < 4.78 is 5.11. The maximum absolute atomic E-state index is 12.9. The second-order valence-corrected chi connectivity index (χ2v) is 7.46. The number of aromatic hydroxyl groups is 1. The van der Waals surface area contributed by atoms with E-state index in [0.717, 1.165) is 5.56 Å². The third-order valence-corrected chi connectivity index (χ3v) is 5.58. The van der Waals surface area contributed by atoms with Gasteiger partial charge in [-0.15, -0.1) is 0 Å². The van der Waals surface area contributed by atoms with Crippen LogP contribution in [0.1, 0.15) is 15.9 Å². The van der Waals surface area contributed by atoms with Crippen molar-refractivity contribution < 1.29 is 24.2 Å². The molecular formula is C22H23N3O5. The monoisotopic (exact) mass is 409 g/mol. The molecule has 0 aromatic heterocycles. The minimum Gasteiger partial charge on any atom is -0.508 e. The summed E-state index contributed by atoms with van der Waals surface area (Å²) in [6.45, 7) is 0.839. The number of ether oxygens (including phenoxy) is 1. The number of nitrogens with one attached hydrogen (secondary N) is 1. The lowest BCUT2D eigenvalue weighted by molar-refractivity contribution is -0.152. The van der Waals surface area contributed by atoms with Crippen LogP contribution in [-0.4, -0.2) is 71.5 Å². The van der Waals surface area contributed by atoms with E-state index in [4.69, 9.17) is 4.74 Å². The number of piperazine rings is 2. The van der Waals surface area contributed by atoms with Gasteiger partial charge in [0.15, 0.2) is 0 Å². The zero-order valence-corrected chi connectivity index (χ0v) is 16.6. The number of carbonyl (C=O) groups is 3. The van der Waals surface area contributed by atoms with Crippen LogP contribution < -0.4 is 10.1 Å². The lowest BCUT2D eigenvalue weighted by atomic mass is 9.98. The Morgan fingerprint density at radius 3 is 2.47 bits per heavy atom. The summed E-state index contributed by atoms with van der Waals surface area (Å²) in [4.78, 5) is 41.7. The summed E-state index contributed by atoms with van der Waals surface area (Å²) >= 11 is 0. The lowest BCUT2D eigenvalue weighted by Gasteiger charge is -2.45. The average molecular weight is 409 g/mol. The Balaban J connectivity index is 1.43. The van der Waals surface area contributed by atoms with Crippen molar-refractivity contribution in [3.63, 3.8) is 0 Å². The van der Waals surface area contributed by atoms with Gasteiger partial charge in [-0.3, -0.25) is 14.4 Å². The normalized spacial score (nSPS) is 21.1. The summed E-state index contributed by atoms with van der Waals surface area (Å²) in [5.74, 6) is 0.224. The van der Waals surface area contributed by atoms with Crippen molar-refractivity contribution in [2.75, 3.05) is 26.7 Å². The number of methoxy groups -OCH3 is 1. The number of rotatable bonds is 4. The molecule has 8 heteroatoms. The Kier molecular flexibility index (Phi) is 5.31. The standard InChI is InChI=1S/C22H23N3O5/c1-30-17-8-4-15(5-9-17)21(28)24-10-11-25-19(13-24)20(27)23-18(22(25)29)12-14-2-6-16(26)7-3-14/h2-9,18-19,26H,10-13H2,1H3,(H,23,27). The topological polar surface area (TPSA) is 99.2 Å². The van der Waals surface area contributed by atoms with Crippen molar-refractivity contribution in [3.8, 4) is 11.5 Å². The zero-order valence-electron chi connectivity index (χ0n) is 16.6. The number of nitrogens with zero attached hydrogens (tertiary/aromatic N) is 2. The molecule has 2 aliphatic heterocycles. The first-order chi connectivity index (χ1) is 14.5. The highest BCUT2D eigenvalue weighted by molar-refractivity contribution is 5.99. The average Bonchev–Trinajstić information content (AvgIpc) is 2.78. The van der Waals surface area contributed by atoms with E-state index in [1.807, 2.05) is 0 Å². The van der Waals surface area contributed by atoms with Crippen molar-refractivity contribution in [2.45, 2.75) is 18.5 Å². The van der Waals surface area contributed by atoms with E-state index >= 15 is 0 Å². The molecule has 0 radical (unpaired) electrons. The number of benzene rings is 2. The summed E-state index contributed by atoms with van der Waals surface area (Å²) in [7, 11) is 1.56. The highest BCUT2D eigenvalue weighted by Crippen LogP contribution is 2.21. The summed E-state index contributed by atoms with van der Waals surface area (Å²) in [6, 6.07) is 12.0. The van der Waals surface area contributed by atoms with Crippen LogP contribution in [0.25, 0.3) is 0 Å². The van der Waals surface area contributed by atoms with Crippen LogP contribution in [0.3, 0.4) is 0 Å². The molecule has 0 spiro atoms. The molecule has 2 saturated heterocycles. The molecule has 30 heavy (non-hydrogen) atoms. The fraction of sp³-hybridized carbons (Fsp3) is 0.318. The van der Waals surface area contributed by atoms with Gasteiger partial charge in [0.05, 0.1) is 13.7 Å². The molecule has 0 bridgehead atoms. The maximum Gasteiger partial charge on any atom is 0.254 e. The van der Waals surface area contributed by atoms with Gasteiger partial charge in [-0.1, -0.05) is 12.1 Å². The number of hydrogen-bond acceptors (Lipinski definition) is 5. The Labute approximate surface area is 174 Å². The first kappa shape index (κ1) is 19.8. The van der Waals surface area contributed by atoms with Gasteiger partial charge in [-0.25, -0.2) is 0 Å². The molecule has 2 aromatic rings. The van der Waals surface area contributed by atoms with Gasteiger partial charge in [0.2, 0.25) is 11.8 Å². The highest BCUT2D eigenvalue weighted by atomic mass is 16.5. The zero-order chi connectivity index (χ0) is 21.3. The number of fused-ring (bicyclic) bond motifs is 1. The lowest BCUT2D eigenvalue weighted by Crippen LogP contribution is -2.70. The van der Waals surface area contributed by atoms with Crippen molar-refractivity contribution in [2.24, 2.45) is 0 Å². The van der Waals surface area contributed by atoms with Crippen molar-refractivity contribution in [3.05, 3.63) is 59.7 Å². The molecule has 2 unspecified atom stereocenters. The van der Waals surface area contributed by atoms with Gasteiger partial charge >= 0.3 is 0 Å². The van der Waals surface area contributed by atoms with Crippen LogP contribution >= 0.6 is 0 Å². The van der Waals surface area contributed by atoms with Crippen LogP contribution in [-0.2, 0) is 16.0 Å². The van der Waals surface area contributed by atoms with Gasteiger partial charge < -0.3 is 25.0 Å². The molecule has 156 valence electrons. The number of carbonyl (C=O) groups excluding carboxylic acids is 3. The van der Waals surface area contributed by atoms with Crippen molar-refractivity contribution in [1.82, 2.24) is 15.1 Å². The number of amides is 3. The first-order valence-electron chi connectivity index (χ1n) is 9.78. The third-order valence-electron chi connectivity index (χ3n) is 5.58. The number of phenols is 1. The molecule has 2 heterocycles. The van der Waals surface area contributed by atoms with E-state index in [2.05, 4.69) is 5.32 Å². The van der Waals surface area contributed by atoms with E-state index in [1.165, 1.54) is 0 Å². The molecule has 0 saturated carbocycles. The molecule has 2 aromatic carbocycles. The van der Waals surface area contributed by atoms with Crippen molar-refractivity contribution in [1.29, 1.82) is 0 Å². The van der Waals surface area contributed by atoms with Crippen LogP contribution in [0.5, 0.6) is 11.5 Å². The molecule has 2 aliphatic rings. The first-order valence-corrected chi connectivity index (χ1v) is 9.78. The molecule has 8 nitrogen and oxygen atoms in total. The molecule has 2 atom stereocenters. The van der Waals surface area contributed by atoms with Gasteiger partial charge in [-0.2, -0.15) is 0 Å². The summed E-state index contributed by atoms with van der Waals surface area (Å²) in [5, 5.41) is 12.2. The predicted molar refractivity (Wildman–Crippen MR) is 108 cm³/mol. The second-order valence-electron chi connectivity index (χ2n) is 7.46. The molecule has 4 rings (SSSR count). The largest absolute Gasteiger partial charge is 0.508 e. The van der Waals surface area contributed by atoms with Crippen LogP contribution in [0, 0.1) is 0 Å². The molecule has 0 aliphatic carbocycles. The minimum atomic E-state index is -0.690. The van der Waals surface area contributed by atoms with E-state index < -0.39 is 12.1 Å². The smallest absolute Gasteiger partial charge is 0.254 e. The molecule has 2 N–H and O–H groups in total. The van der Waals surface area contributed by atoms with E-state index in [0.29, 0.717) is 30.8 Å². The van der Waals surface area contributed by atoms with Gasteiger partial charge in [-0.05, 0) is 42.0 Å². The van der Waals surface area contributed by atoms with Crippen LogP contribution in [0.4, 0.5) is 0 Å². The molecule has 2 fully saturated rings. The fourth-order valence-electron chi connectivity index (χ4n) is 3.91. The third kappa shape index (κ3) is 3.80. The van der Waals surface area contributed by atoms with Crippen LogP contribution in [0.2, 0.25) is 0 Å². The van der Waals surface area contributed by atoms with Crippen LogP contribution in [0.15, 0.2) is 48.5 Å². The van der Waals surface area contributed by atoms with E-state index in [9.17, 15) is 19.5 Å². The molecular weight excluding hydrogens is 386 g/mol. The Morgan fingerprint density at radius 1 is 1.10 bits per heavy atom. The fourth-order valence-corrected chi connectivity index (χ4v) is 3.91.